The number of carbonyl (C=O) groups is 1. The number of hydrogen-bond acceptors (Lipinski definition) is 3. The molecule has 21 heavy (non-hydrogen) atoms. The Morgan fingerprint density at radius 1 is 1.38 bits per heavy atom. The van der Waals surface area contributed by atoms with Crippen molar-refractivity contribution in [1.29, 1.82) is 0 Å². The van der Waals surface area contributed by atoms with Gasteiger partial charge in [0, 0.05) is 24.1 Å². The molecule has 0 radical (unpaired) electrons. The van der Waals surface area contributed by atoms with E-state index in [1.54, 1.807) is 6.20 Å². The van der Waals surface area contributed by atoms with E-state index >= 15 is 0 Å². The highest BCUT2D eigenvalue weighted by Crippen LogP contribution is 2.17. The molecular formula is C14H17FN4O2. The van der Waals surface area contributed by atoms with Gasteiger partial charge in [-0.3, -0.25) is 13.9 Å². The largest absolute Gasteiger partial charge is 0.399 e. The highest BCUT2D eigenvalue weighted by molar-refractivity contribution is 5.91. The first-order valence-corrected chi connectivity index (χ1v) is 6.50. The van der Waals surface area contributed by atoms with E-state index in [0.717, 1.165) is 0 Å². The first kappa shape index (κ1) is 14.8. The number of nitrogen functional groups attached to an aromatic ring is 1. The van der Waals surface area contributed by atoms with E-state index in [0.29, 0.717) is 5.69 Å². The van der Waals surface area contributed by atoms with E-state index in [4.69, 9.17) is 5.73 Å². The van der Waals surface area contributed by atoms with Gasteiger partial charge in [-0.1, -0.05) is 0 Å². The number of nitrogens with zero attached hydrogens (tertiary/aromatic N) is 2. The third kappa shape index (κ3) is 3.31. The van der Waals surface area contributed by atoms with Crippen molar-refractivity contribution in [3.8, 4) is 0 Å². The van der Waals surface area contributed by atoms with Crippen LogP contribution in [0.5, 0.6) is 0 Å². The zero-order valence-corrected chi connectivity index (χ0v) is 11.8. The minimum Gasteiger partial charge on any atom is -0.399 e. The maximum atomic E-state index is 13.5. The Hall–Kier alpha value is -2.57. The lowest BCUT2D eigenvalue weighted by atomic mass is 10.2. The summed E-state index contributed by atoms with van der Waals surface area (Å²) in [5.74, 6) is -1.08. The van der Waals surface area contributed by atoms with Crippen LogP contribution in [0.1, 0.15) is 19.9 Å². The Kier molecular flexibility index (Phi) is 4.11. The van der Waals surface area contributed by atoms with Crippen LogP contribution in [0.2, 0.25) is 0 Å². The second-order valence-corrected chi connectivity index (χ2v) is 5.00. The lowest BCUT2D eigenvalue weighted by Crippen LogP contribution is -2.30. The van der Waals surface area contributed by atoms with Crippen molar-refractivity contribution < 1.29 is 9.18 Å². The van der Waals surface area contributed by atoms with Crippen molar-refractivity contribution in [3.63, 3.8) is 0 Å². The van der Waals surface area contributed by atoms with Crippen LogP contribution in [0, 0.1) is 5.82 Å². The van der Waals surface area contributed by atoms with E-state index in [-0.39, 0.29) is 24.0 Å². The molecule has 7 heteroatoms. The number of benzene rings is 1. The number of rotatable bonds is 4. The first-order valence-electron chi connectivity index (χ1n) is 6.50. The number of amides is 1. The van der Waals surface area contributed by atoms with Crippen molar-refractivity contribution in [2.24, 2.45) is 0 Å². The highest BCUT2D eigenvalue weighted by atomic mass is 19.1. The fraction of sp³-hybridized carbons (Fsp3) is 0.286. The van der Waals surface area contributed by atoms with E-state index in [1.165, 1.54) is 33.5 Å². The number of nitrogens with one attached hydrogen (secondary N) is 1. The molecule has 1 amide bonds. The van der Waals surface area contributed by atoms with Gasteiger partial charge in [-0.15, -0.1) is 0 Å². The molecule has 2 aromatic rings. The summed E-state index contributed by atoms with van der Waals surface area (Å²) in [6.45, 7) is 3.55. The number of halogens is 1. The van der Waals surface area contributed by atoms with Crippen molar-refractivity contribution >= 4 is 17.3 Å². The van der Waals surface area contributed by atoms with Crippen LogP contribution in [0.3, 0.4) is 0 Å². The van der Waals surface area contributed by atoms with Crippen LogP contribution < -0.4 is 16.7 Å². The number of imidazole rings is 1. The monoisotopic (exact) mass is 292 g/mol. The molecule has 0 saturated carbocycles. The molecule has 0 aliphatic heterocycles. The second-order valence-electron chi connectivity index (χ2n) is 5.00. The Morgan fingerprint density at radius 3 is 2.71 bits per heavy atom. The summed E-state index contributed by atoms with van der Waals surface area (Å²) in [6, 6.07) is 3.91. The Morgan fingerprint density at radius 2 is 2.10 bits per heavy atom. The highest BCUT2D eigenvalue weighted by Gasteiger charge is 2.11. The van der Waals surface area contributed by atoms with Gasteiger partial charge in [0.05, 0.1) is 5.69 Å². The fourth-order valence-corrected chi connectivity index (χ4v) is 1.92. The summed E-state index contributed by atoms with van der Waals surface area (Å²) in [4.78, 5) is 23.9. The van der Waals surface area contributed by atoms with E-state index in [1.807, 2.05) is 13.8 Å². The molecule has 0 fully saturated rings. The summed E-state index contributed by atoms with van der Waals surface area (Å²) in [6.07, 6.45) is 3.14. The summed E-state index contributed by atoms with van der Waals surface area (Å²) in [7, 11) is 0. The van der Waals surface area contributed by atoms with Crippen LogP contribution in [0.15, 0.2) is 35.4 Å². The molecule has 1 aromatic heterocycles. The van der Waals surface area contributed by atoms with E-state index in [9.17, 15) is 14.0 Å². The van der Waals surface area contributed by atoms with Gasteiger partial charge in [0.1, 0.15) is 12.4 Å². The predicted molar refractivity (Wildman–Crippen MR) is 78.5 cm³/mol. The number of aromatic nitrogens is 2. The number of carbonyl (C=O) groups excluding carboxylic acids is 1. The van der Waals surface area contributed by atoms with Gasteiger partial charge < -0.3 is 11.1 Å². The van der Waals surface area contributed by atoms with Gasteiger partial charge >= 0.3 is 5.69 Å². The number of nitrogens with two attached hydrogens (primary N) is 1. The number of hydrogen-bond donors (Lipinski definition) is 2. The smallest absolute Gasteiger partial charge is 0.328 e. The van der Waals surface area contributed by atoms with Crippen molar-refractivity contribution in [3.05, 3.63) is 46.9 Å². The third-order valence-corrected chi connectivity index (χ3v) is 3.01. The van der Waals surface area contributed by atoms with Crippen LogP contribution in [-0.4, -0.2) is 15.0 Å². The molecule has 0 unspecified atom stereocenters. The quantitative estimate of drug-likeness (QED) is 0.840. The maximum absolute atomic E-state index is 13.5. The van der Waals surface area contributed by atoms with Crippen LogP contribution in [0.4, 0.5) is 15.8 Å². The predicted octanol–water partition coefficient (Wildman–Crippen LogP) is 1.59. The summed E-state index contributed by atoms with van der Waals surface area (Å²) < 4.78 is 16.3. The molecule has 0 aliphatic carbocycles. The van der Waals surface area contributed by atoms with Gasteiger partial charge in [0.15, 0.2) is 0 Å². The summed E-state index contributed by atoms with van der Waals surface area (Å²) in [5, 5.41) is 2.40. The Labute approximate surface area is 121 Å². The van der Waals surface area contributed by atoms with Crippen molar-refractivity contribution in [2.75, 3.05) is 11.1 Å². The normalized spacial score (nSPS) is 10.9. The van der Waals surface area contributed by atoms with Gasteiger partial charge in [-0.05, 0) is 32.0 Å². The van der Waals surface area contributed by atoms with Crippen LogP contribution >= 0.6 is 0 Å². The van der Waals surface area contributed by atoms with Gasteiger partial charge in [0.2, 0.25) is 5.91 Å². The molecule has 2 rings (SSSR count). The lowest BCUT2D eigenvalue weighted by Gasteiger charge is -2.08. The SMILES string of the molecule is CC(C)n1ccn(CC(=O)Nc2cc(N)ccc2F)c1=O. The zero-order valence-electron chi connectivity index (χ0n) is 11.8. The minimum absolute atomic E-state index is 0.00339. The van der Waals surface area contributed by atoms with E-state index < -0.39 is 11.7 Å². The standard InChI is InChI=1S/C14H17FN4O2/c1-9(2)19-6-5-18(14(19)21)8-13(20)17-12-7-10(16)3-4-11(12)15/h3-7,9H,8,16H2,1-2H3,(H,17,20). The molecule has 0 saturated heterocycles. The molecule has 0 atom stereocenters. The van der Waals surface area contributed by atoms with E-state index in [2.05, 4.69) is 5.32 Å². The van der Waals surface area contributed by atoms with Gasteiger partial charge in [0.25, 0.3) is 0 Å². The Bertz CT molecular complexity index is 718. The topological polar surface area (TPSA) is 82.1 Å². The molecule has 1 aromatic carbocycles. The molecule has 0 aliphatic rings. The first-order chi connectivity index (χ1) is 9.88. The maximum Gasteiger partial charge on any atom is 0.328 e. The molecule has 0 bridgehead atoms. The fourth-order valence-electron chi connectivity index (χ4n) is 1.92. The number of anilines is 2. The summed E-state index contributed by atoms with van der Waals surface area (Å²) in [5.41, 5.74) is 5.59. The minimum atomic E-state index is -0.579. The molecule has 1 heterocycles. The van der Waals surface area contributed by atoms with Gasteiger partial charge in [-0.25, -0.2) is 9.18 Å². The average molecular weight is 292 g/mol. The average Bonchev–Trinajstić information content (AvgIpc) is 2.75. The lowest BCUT2D eigenvalue weighted by molar-refractivity contribution is -0.116. The Balaban J connectivity index is 2.12. The molecule has 6 nitrogen and oxygen atoms in total. The van der Waals surface area contributed by atoms with Crippen LogP contribution in [0.25, 0.3) is 0 Å². The molecule has 3 N–H and O–H groups in total. The third-order valence-electron chi connectivity index (χ3n) is 3.01. The zero-order chi connectivity index (χ0) is 15.6. The molecule has 112 valence electrons. The molecule has 0 spiro atoms. The van der Waals surface area contributed by atoms with Gasteiger partial charge in [-0.2, -0.15) is 0 Å². The molecular weight excluding hydrogens is 275 g/mol. The van der Waals surface area contributed by atoms with Crippen LogP contribution in [-0.2, 0) is 11.3 Å². The second kappa shape index (κ2) is 5.82. The van der Waals surface area contributed by atoms with Crippen molar-refractivity contribution in [2.45, 2.75) is 26.4 Å². The van der Waals surface area contributed by atoms with Crippen molar-refractivity contribution in [1.82, 2.24) is 9.13 Å². The summed E-state index contributed by atoms with van der Waals surface area (Å²) >= 11 is 0.